The number of allylic oxidation sites excluding steroid dienone is 4. The van der Waals surface area contributed by atoms with E-state index in [-0.39, 0.29) is 24.1 Å². The summed E-state index contributed by atoms with van der Waals surface area (Å²) in [7, 11) is 0. The van der Waals surface area contributed by atoms with Crippen molar-refractivity contribution in [3.63, 3.8) is 0 Å². The van der Waals surface area contributed by atoms with Gasteiger partial charge in [0.05, 0.1) is 13.2 Å². The number of ether oxygens (including phenoxy) is 4. The van der Waals surface area contributed by atoms with Gasteiger partial charge >= 0.3 is 11.9 Å². The van der Waals surface area contributed by atoms with Crippen LogP contribution < -0.4 is 0 Å². The monoisotopic (exact) mass is 671 g/mol. The summed E-state index contributed by atoms with van der Waals surface area (Å²) in [6.45, 7) is 7.00. The van der Waals surface area contributed by atoms with Crippen LogP contribution in [0.4, 0.5) is 0 Å². The molecule has 0 bridgehead atoms. The predicted molar refractivity (Wildman–Crippen MR) is 194 cm³/mol. The Morgan fingerprint density at radius 1 is 0.688 bits per heavy atom. The summed E-state index contributed by atoms with van der Waals surface area (Å²) in [4.78, 5) is 23.9. The van der Waals surface area contributed by atoms with Gasteiger partial charge in [0.2, 0.25) is 0 Å². The van der Waals surface area contributed by atoms with E-state index in [1.54, 1.807) is 5.57 Å². The van der Waals surface area contributed by atoms with Crippen LogP contribution in [0.25, 0.3) is 0 Å². The van der Waals surface area contributed by atoms with Crippen molar-refractivity contribution in [2.75, 3.05) is 26.4 Å². The van der Waals surface area contributed by atoms with Crippen molar-refractivity contribution < 1.29 is 28.5 Å². The van der Waals surface area contributed by atoms with E-state index in [9.17, 15) is 9.59 Å². The molecule has 2 heterocycles. The third-order valence-corrected chi connectivity index (χ3v) is 11.3. The smallest absolute Gasteiger partial charge is 0.305 e. The maximum atomic E-state index is 12.0. The lowest BCUT2D eigenvalue weighted by molar-refractivity contribution is -0.145. The molecule has 0 aromatic carbocycles. The van der Waals surface area contributed by atoms with Crippen molar-refractivity contribution in [3.8, 4) is 0 Å². The number of rotatable bonds is 28. The molecule has 0 N–H and O–H groups in total. The number of epoxide rings is 2. The summed E-state index contributed by atoms with van der Waals surface area (Å²) >= 11 is 0. The number of hydrogen-bond donors (Lipinski definition) is 0. The van der Waals surface area contributed by atoms with Gasteiger partial charge < -0.3 is 18.9 Å². The van der Waals surface area contributed by atoms with Crippen LogP contribution in [0.5, 0.6) is 0 Å². The minimum atomic E-state index is -0.0708. The largest absolute Gasteiger partial charge is 0.463 e. The molecule has 0 aromatic heterocycles. The first-order chi connectivity index (χ1) is 23.6. The fourth-order valence-corrected chi connectivity index (χ4v) is 8.15. The lowest BCUT2D eigenvalue weighted by Gasteiger charge is -2.42. The number of carbonyl (C=O) groups is 2. The molecule has 2 aliphatic heterocycles. The van der Waals surface area contributed by atoms with Crippen LogP contribution in [0, 0.1) is 23.7 Å². The first-order valence-electron chi connectivity index (χ1n) is 20.5. The Bertz CT molecular complexity index is 979. The summed E-state index contributed by atoms with van der Waals surface area (Å²) in [5.41, 5.74) is 3.54. The van der Waals surface area contributed by atoms with Crippen LogP contribution in [0.15, 0.2) is 23.3 Å². The van der Waals surface area contributed by atoms with Crippen molar-refractivity contribution in [3.05, 3.63) is 23.3 Å². The molecule has 2 saturated heterocycles. The molecule has 6 nitrogen and oxygen atoms in total. The SMILES string of the molecule is CCCCCCC1C=C2C(CC=C(CCCCCCCC(=O)OCC3CO3)C2CCCCCCCC(=O)OCC2CO2)CC1CCCC. The molecule has 6 unspecified atom stereocenters. The van der Waals surface area contributed by atoms with E-state index in [0.717, 1.165) is 56.7 Å². The maximum Gasteiger partial charge on any atom is 0.305 e. The average Bonchev–Trinajstić information content (AvgIpc) is 4.03. The van der Waals surface area contributed by atoms with Gasteiger partial charge in [0.1, 0.15) is 25.4 Å². The highest BCUT2D eigenvalue weighted by atomic mass is 16.6. The van der Waals surface area contributed by atoms with Crippen LogP contribution in [-0.4, -0.2) is 50.6 Å². The molecule has 4 aliphatic rings. The number of fused-ring (bicyclic) bond motifs is 1. The van der Waals surface area contributed by atoms with Crippen molar-refractivity contribution in [1.29, 1.82) is 0 Å². The van der Waals surface area contributed by atoms with Crippen LogP contribution >= 0.6 is 0 Å². The third kappa shape index (κ3) is 15.5. The first kappa shape index (κ1) is 39.1. The lowest BCUT2D eigenvalue weighted by atomic mass is 9.63. The van der Waals surface area contributed by atoms with Gasteiger partial charge in [-0.1, -0.05) is 121 Å². The molecule has 0 aromatic rings. The molecule has 4 rings (SSSR count). The van der Waals surface area contributed by atoms with Gasteiger partial charge in [0, 0.05) is 18.8 Å². The van der Waals surface area contributed by atoms with Crippen LogP contribution in [0.3, 0.4) is 0 Å². The van der Waals surface area contributed by atoms with E-state index in [2.05, 4.69) is 26.0 Å². The second kappa shape index (κ2) is 22.9. The van der Waals surface area contributed by atoms with E-state index >= 15 is 0 Å². The van der Waals surface area contributed by atoms with E-state index in [4.69, 9.17) is 18.9 Å². The minimum Gasteiger partial charge on any atom is -0.463 e. The molecule has 0 radical (unpaired) electrons. The second-order valence-corrected chi connectivity index (χ2v) is 15.4. The van der Waals surface area contributed by atoms with E-state index in [1.165, 1.54) is 116 Å². The topological polar surface area (TPSA) is 77.7 Å². The fraction of sp³-hybridized carbons (Fsp3) is 0.857. The summed E-state index contributed by atoms with van der Waals surface area (Å²) in [5.74, 6) is 2.90. The molecule has 0 saturated carbocycles. The quantitative estimate of drug-likeness (QED) is 0.0357. The molecule has 2 aliphatic carbocycles. The number of carbonyl (C=O) groups excluding carboxylic acids is 2. The normalized spacial score (nSPS) is 26.0. The zero-order valence-corrected chi connectivity index (χ0v) is 30.9. The second-order valence-electron chi connectivity index (χ2n) is 15.4. The minimum absolute atomic E-state index is 0.0684. The van der Waals surface area contributed by atoms with Gasteiger partial charge in [-0.25, -0.2) is 0 Å². The van der Waals surface area contributed by atoms with E-state index in [0.29, 0.717) is 32.0 Å². The zero-order chi connectivity index (χ0) is 33.8. The molecule has 6 atom stereocenters. The maximum absolute atomic E-state index is 12.0. The molecule has 2 fully saturated rings. The van der Waals surface area contributed by atoms with Gasteiger partial charge in [-0.15, -0.1) is 0 Å². The van der Waals surface area contributed by atoms with Gasteiger partial charge in [-0.3, -0.25) is 9.59 Å². The molecule has 0 spiro atoms. The van der Waals surface area contributed by atoms with Gasteiger partial charge in [0.25, 0.3) is 0 Å². The Hall–Kier alpha value is -1.66. The Labute approximate surface area is 293 Å². The van der Waals surface area contributed by atoms with Crippen LogP contribution in [-0.2, 0) is 28.5 Å². The molecular weight excluding hydrogens is 600 g/mol. The third-order valence-electron chi connectivity index (χ3n) is 11.3. The summed E-state index contributed by atoms with van der Waals surface area (Å²) in [6, 6.07) is 0. The molecular formula is C42H70O6. The molecule has 6 heteroatoms. The first-order valence-corrected chi connectivity index (χ1v) is 20.5. The van der Waals surface area contributed by atoms with Gasteiger partial charge in [-0.2, -0.15) is 0 Å². The van der Waals surface area contributed by atoms with E-state index < -0.39 is 0 Å². The predicted octanol–water partition coefficient (Wildman–Crippen LogP) is 10.6. The summed E-state index contributed by atoms with van der Waals surface area (Å²) in [5, 5.41) is 0. The molecule has 48 heavy (non-hydrogen) atoms. The highest BCUT2D eigenvalue weighted by Crippen LogP contribution is 2.48. The Morgan fingerprint density at radius 3 is 1.88 bits per heavy atom. The van der Waals surface area contributed by atoms with Gasteiger partial charge in [0.15, 0.2) is 0 Å². The molecule has 0 amide bonds. The van der Waals surface area contributed by atoms with E-state index in [1.807, 2.05) is 5.57 Å². The summed E-state index contributed by atoms with van der Waals surface area (Å²) < 4.78 is 20.8. The van der Waals surface area contributed by atoms with Crippen molar-refractivity contribution in [2.24, 2.45) is 23.7 Å². The van der Waals surface area contributed by atoms with Gasteiger partial charge in [-0.05, 0) is 75.5 Å². The lowest BCUT2D eigenvalue weighted by Crippen LogP contribution is -2.30. The van der Waals surface area contributed by atoms with Crippen LogP contribution in [0.2, 0.25) is 0 Å². The standard InChI is InChI=1S/C42H70O6/c1-3-5-7-14-21-35-28-40-36(27-34(35)19-6-4-2)26-25-33(20-15-10-8-12-17-23-41(43)47-31-37-29-45-37)39(40)22-16-11-9-13-18-24-42(44)48-32-38-30-46-38/h25,28,34-39H,3-24,26-27,29-32H2,1-2H3. The van der Waals surface area contributed by atoms with Crippen LogP contribution in [0.1, 0.15) is 168 Å². The number of esters is 2. The average molecular weight is 671 g/mol. The fourth-order valence-electron chi connectivity index (χ4n) is 8.15. The summed E-state index contributed by atoms with van der Waals surface area (Å²) in [6.07, 6.45) is 34.5. The van der Waals surface area contributed by atoms with Crippen molar-refractivity contribution in [1.82, 2.24) is 0 Å². The molecule has 274 valence electrons. The Kier molecular flexibility index (Phi) is 18.7. The Balaban J connectivity index is 1.24. The van der Waals surface area contributed by atoms with Crippen molar-refractivity contribution >= 4 is 11.9 Å². The van der Waals surface area contributed by atoms with Crippen molar-refractivity contribution in [2.45, 2.75) is 180 Å². The number of unbranched alkanes of at least 4 members (excludes halogenated alkanes) is 12. The Morgan fingerprint density at radius 2 is 1.25 bits per heavy atom. The highest BCUT2D eigenvalue weighted by molar-refractivity contribution is 5.69. The zero-order valence-electron chi connectivity index (χ0n) is 30.9. The highest BCUT2D eigenvalue weighted by Gasteiger charge is 2.36. The number of hydrogen-bond acceptors (Lipinski definition) is 6.